The number of carbonyl (C=O) groups is 1. The van der Waals surface area contributed by atoms with Crippen LogP contribution in [0.25, 0.3) is 22.5 Å². The highest BCUT2D eigenvalue weighted by Crippen LogP contribution is 2.48. The Kier molecular flexibility index (Phi) is 4.28. The molecule has 0 bridgehead atoms. The first kappa shape index (κ1) is 18.4. The van der Waals surface area contributed by atoms with E-state index in [-0.39, 0.29) is 29.3 Å². The van der Waals surface area contributed by atoms with E-state index in [0.717, 1.165) is 29.5 Å². The summed E-state index contributed by atoms with van der Waals surface area (Å²) in [5.41, 5.74) is 4.25. The summed E-state index contributed by atoms with van der Waals surface area (Å²) in [4.78, 5) is 13.2. The molecule has 0 radical (unpaired) electrons. The molecule has 3 aromatic rings. The van der Waals surface area contributed by atoms with Gasteiger partial charge in [-0.15, -0.1) is 11.3 Å². The van der Waals surface area contributed by atoms with Gasteiger partial charge in [0.15, 0.2) is 0 Å². The topological polar surface area (TPSA) is 69.6 Å². The normalized spacial score (nSPS) is 18.3. The van der Waals surface area contributed by atoms with Crippen LogP contribution in [0.5, 0.6) is 0 Å². The highest BCUT2D eigenvalue weighted by Gasteiger charge is 2.43. The Hall–Kier alpha value is -2.60. The number of amides is 1. The van der Waals surface area contributed by atoms with E-state index in [1.54, 1.807) is 12.1 Å². The molecule has 1 aliphatic carbocycles. The molecular formula is C23H18ClNO3S. The Morgan fingerprint density at radius 2 is 1.90 bits per heavy atom. The fraction of sp³-hybridized carbons (Fsp3) is 0.174. The van der Waals surface area contributed by atoms with E-state index in [2.05, 4.69) is 5.32 Å². The second kappa shape index (κ2) is 6.73. The van der Waals surface area contributed by atoms with Crippen LogP contribution in [0.1, 0.15) is 28.8 Å². The number of benzene rings is 2. The van der Waals surface area contributed by atoms with E-state index in [9.17, 15) is 15.0 Å². The molecule has 146 valence electrons. The van der Waals surface area contributed by atoms with Crippen LogP contribution in [0, 0.1) is 0 Å². The van der Waals surface area contributed by atoms with Gasteiger partial charge in [0.1, 0.15) is 5.76 Å². The van der Waals surface area contributed by atoms with Crippen LogP contribution in [0.4, 0.5) is 5.69 Å². The number of anilines is 1. The Morgan fingerprint density at radius 3 is 2.52 bits per heavy atom. The van der Waals surface area contributed by atoms with Crippen molar-refractivity contribution in [3.8, 4) is 11.1 Å². The highest BCUT2D eigenvalue weighted by molar-refractivity contribution is 7.11. The quantitative estimate of drug-likeness (QED) is 0.385. The zero-order valence-corrected chi connectivity index (χ0v) is 17.0. The number of fused-ring (bicyclic) bond motifs is 1. The minimum Gasteiger partial charge on any atom is -0.506 e. The fourth-order valence-electron chi connectivity index (χ4n) is 3.88. The van der Waals surface area contributed by atoms with Crippen LogP contribution in [0.3, 0.4) is 0 Å². The molecule has 1 saturated carbocycles. The van der Waals surface area contributed by atoms with Crippen molar-refractivity contribution in [3.05, 3.63) is 74.9 Å². The van der Waals surface area contributed by atoms with E-state index in [4.69, 9.17) is 11.6 Å². The Morgan fingerprint density at radius 1 is 1.14 bits per heavy atom. The van der Waals surface area contributed by atoms with Gasteiger partial charge in [-0.25, -0.2) is 0 Å². The van der Waals surface area contributed by atoms with Gasteiger partial charge in [0.2, 0.25) is 0 Å². The number of nitrogens with one attached hydrogen (secondary N) is 1. The molecule has 1 fully saturated rings. The molecule has 0 spiro atoms. The van der Waals surface area contributed by atoms with Crippen molar-refractivity contribution < 1.29 is 15.0 Å². The number of aliphatic hydroxyl groups excluding tert-OH is 2. The molecule has 29 heavy (non-hydrogen) atoms. The van der Waals surface area contributed by atoms with Crippen molar-refractivity contribution in [2.75, 3.05) is 11.9 Å². The minimum absolute atomic E-state index is 0.0292. The lowest BCUT2D eigenvalue weighted by Gasteiger charge is -2.14. The summed E-state index contributed by atoms with van der Waals surface area (Å²) >= 11 is 7.89. The summed E-state index contributed by atoms with van der Waals surface area (Å²) in [6.07, 6.45) is 2.01. The van der Waals surface area contributed by atoms with E-state index in [1.807, 2.05) is 41.8 Å². The number of thiophene rings is 1. The van der Waals surface area contributed by atoms with Gasteiger partial charge < -0.3 is 15.5 Å². The zero-order chi connectivity index (χ0) is 20.2. The van der Waals surface area contributed by atoms with Gasteiger partial charge in [-0.2, -0.15) is 0 Å². The van der Waals surface area contributed by atoms with Gasteiger partial charge in [-0.05, 0) is 47.5 Å². The third-order valence-electron chi connectivity index (χ3n) is 5.81. The molecule has 6 heteroatoms. The monoisotopic (exact) mass is 423 g/mol. The van der Waals surface area contributed by atoms with Crippen LogP contribution in [-0.4, -0.2) is 22.7 Å². The van der Waals surface area contributed by atoms with Crippen molar-refractivity contribution in [3.63, 3.8) is 0 Å². The van der Waals surface area contributed by atoms with E-state index in [1.165, 1.54) is 11.3 Å². The maximum absolute atomic E-state index is 12.5. The first-order valence-corrected chi connectivity index (χ1v) is 10.6. The fourth-order valence-corrected chi connectivity index (χ4v) is 4.82. The van der Waals surface area contributed by atoms with E-state index in [0.29, 0.717) is 21.2 Å². The lowest BCUT2D eigenvalue weighted by molar-refractivity contribution is -0.110. The van der Waals surface area contributed by atoms with Crippen molar-refractivity contribution in [1.82, 2.24) is 0 Å². The Balaban J connectivity index is 1.59. The molecule has 4 nitrogen and oxygen atoms in total. The van der Waals surface area contributed by atoms with Crippen LogP contribution >= 0.6 is 22.9 Å². The maximum atomic E-state index is 12.5. The number of hydrogen-bond donors (Lipinski definition) is 3. The predicted octanol–water partition coefficient (Wildman–Crippen LogP) is 5.47. The average Bonchev–Trinajstić information content (AvgIpc) is 3.19. The van der Waals surface area contributed by atoms with Gasteiger partial charge in [0.25, 0.3) is 5.91 Å². The zero-order valence-electron chi connectivity index (χ0n) is 15.4. The van der Waals surface area contributed by atoms with Crippen LogP contribution in [-0.2, 0) is 10.2 Å². The summed E-state index contributed by atoms with van der Waals surface area (Å²) in [7, 11) is 0. The van der Waals surface area contributed by atoms with Crippen molar-refractivity contribution in [2.45, 2.75) is 18.3 Å². The van der Waals surface area contributed by atoms with Crippen molar-refractivity contribution in [1.29, 1.82) is 0 Å². The summed E-state index contributed by atoms with van der Waals surface area (Å²) in [6.45, 7) is 0.163. The first-order valence-electron chi connectivity index (χ1n) is 9.36. The number of aliphatic hydroxyl groups is 2. The molecule has 5 rings (SSSR count). The summed E-state index contributed by atoms with van der Waals surface area (Å²) in [6, 6.07) is 15.2. The molecule has 0 saturated heterocycles. The number of rotatable bonds is 4. The molecular weight excluding hydrogens is 406 g/mol. The molecule has 0 unspecified atom stereocenters. The molecule has 2 aliphatic rings. The van der Waals surface area contributed by atoms with Gasteiger partial charge >= 0.3 is 0 Å². The van der Waals surface area contributed by atoms with E-state index < -0.39 is 0 Å². The van der Waals surface area contributed by atoms with Gasteiger partial charge in [0, 0.05) is 16.5 Å². The number of halogens is 1. The SMILES string of the molecule is O=C1Nc2cc(Cl)c(-c3ccc(C4(CO)CC4)cc3)cc2C1=C(O)c1cccs1. The maximum Gasteiger partial charge on any atom is 0.260 e. The largest absolute Gasteiger partial charge is 0.506 e. The Bertz CT molecular complexity index is 1150. The standard InChI is InChI=1S/C23H18ClNO3S/c24-17-11-18-16(20(22(28)25-18)21(27)19-2-1-9-29-19)10-15(17)13-3-5-14(6-4-13)23(12-26)7-8-23/h1-6,9-11,26-27H,7-8,12H2,(H,25,28). The lowest BCUT2D eigenvalue weighted by Crippen LogP contribution is -2.11. The molecule has 2 heterocycles. The second-order valence-electron chi connectivity index (χ2n) is 7.55. The van der Waals surface area contributed by atoms with E-state index >= 15 is 0 Å². The van der Waals surface area contributed by atoms with Gasteiger partial charge in [0.05, 0.1) is 27.8 Å². The average molecular weight is 424 g/mol. The van der Waals surface area contributed by atoms with Gasteiger partial charge in [-0.3, -0.25) is 4.79 Å². The lowest BCUT2D eigenvalue weighted by atomic mass is 9.93. The first-order chi connectivity index (χ1) is 14.0. The molecule has 1 aromatic heterocycles. The van der Waals surface area contributed by atoms with Crippen molar-refractivity contribution in [2.24, 2.45) is 0 Å². The molecule has 1 aliphatic heterocycles. The summed E-state index contributed by atoms with van der Waals surface area (Å²) in [5, 5.41) is 25.5. The van der Waals surface area contributed by atoms with Crippen molar-refractivity contribution >= 4 is 45.9 Å². The summed E-state index contributed by atoms with van der Waals surface area (Å²) in [5.74, 6) is -0.369. The van der Waals surface area contributed by atoms with Crippen LogP contribution in [0.2, 0.25) is 5.02 Å². The second-order valence-corrected chi connectivity index (χ2v) is 8.90. The molecule has 3 N–H and O–H groups in total. The summed E-state index contributed by atoms with van der Waals surface area (Å²) < 4.78 is 0. The van der Waals surface area contributed by atoms with Crippen LogP contribution < -0.4 is 5.32 Å². The number of carbonyl (C=O) groups excluding carboxylic acids is 1. The predicted molar refractivity (Wildman–Crippen MR) is 117 cm³/mol. The molecule has 0 atom stereocenters. The number of hydrogen-bond acceptors (Lipinski definition) is 4. The Labute approximate surface area is 177 Å². The third-order valence-corrected chi connectivity index (χ3v) is 7.00. The van der Waals surface area contributed by atoms with Gasteiger partial charge in [-0.1, -0.05) is 41.9 Å². The minimum atomic E-state index is -0.340. The van der Waals surface area contributed by atoms with Crippen LogP contribution in [0.15, 0.2) is 53.9 Å². The molecule has 2 aromatic carbocycles. The highest BCUT2D eigenvalue weighted by atomic mass is 35.5. The smallest absolute Gasteiger partial charge is 0.260 e. The molecule has 1 amide bonds. The third kappa shape index (κ3) is 2.97.